The number of benzene rings is 2. The molecule has 0 radical (unpaired) electrons. The van der Waals surface area contributed by atoms with Gasteiger partial charge in [-0.05, 0) is 49.0 Å². The quantitative estimate of drug-likeness (QED) is 0.623. The number of halogens is 1. The zero-order valence-electron chi connectivity index (χ0n) is 12.7. The first-order valence-electron chi connectivity index (χ1n) is 7.27. The molecule has 0 fully saturated rings. The third kappa shape index (κ3) is 3.25. The van der Waals surface area contributed by atoms with Gasteiger partial charge in [0.15, 0.2) is 4.77 Å². The van der Waals surface area contributed by atoms with Crippen LogP contribution < -0.4 is 10.9 Å². The molecule has 3 N–H and O–H groups in total. The Morgan fingerprint density at radius 3 is 2.71 bits per heavy atom. The maximum Gasteiger partial charge on any atom is 0.259 e. The smallest absolute Gasteiger partial charge is 0.259 e. The number of hydrogen-bond donors (Lipinski definition) is 3. The monoisotopic (exact) mass is 359 g/mol. The lowest BCUT2D eigenvalue weighted by Crippen LogP contribution is -2.27. The first-order valence-corrected chi connectivity index (χ1v) is 8.06. The number of carbonyl (C=O) groups excluding carboxylic acids is 1. The van der Waals surface area contributed by atoms with Crippen LogP contribution in [-0.2, 0) is 0 Å². The van der Waals surface area contributed by atoms with E-state index in [0.29, 0.717) is 21.5 Å². The highest BCUT2D eigenvalue weighted by molar-refractivity contribution is 7.71. The Labute approximate surface area is 147 Å². The van der Waals surface area contributed by atoms with Gasteiger partial charge in [-0.3, -0.25) is 14.6 Å². The molecule has 1 atom stereocenters. The van der Waals surface area contributed by atoms with Gasteiger partial charge in [0.2, 0.25) is 0 Å². The number of H-pyrrole nitrogens is 2. The average molecular weight is 360 g/mol. The lowest BCUT2D eigenvalue weighted by molar-refractivity contribution is 0.0940. The topological polar surface area (TPSA) is 77.8 Å². The van der Waals surface area contributed by atoms with Crippen molar-refractivity contribution in [2.75, 3.05) is 0 Å². The zero-order valence-corrected chi connectivity index (χ0v) is 14.3. The van der Waals surface area contributed by atoms with Crippen molar-refractivity contribution >= 4 is 40.6 Å². The Morgan fingerprint density at radius 1 is 1.21 bits per heavy atom. The lowest BCUT2D eigenvalue weighted by atomic mass is 10.1. The van der Waals surface area contributed by atoms with Crippen LogP contribution in [0.2, 0.25) is 5.02 Å². The molecule has 0 unspecified atom stereocenters. The van der Waals surface area contributed by atoms with Crippen LogP contribution in [-0.4, -0.2) is 15.9 Å². The third-order valence-corrected chi connectivity index (χ3v) is 4.27. The van der Waals surface area contributed by atoms with E-state index in [9.17, 15) is 9.59 Å². The molecule has 0 aliphatic carbocycles. The van der Waals surface area contributed by atoms with Gasteiger partial charge in [-0.2, -0.15) is 0 Å². The highest BCUT2D eigenvalue weighted by Crippen LogP contribution is 2.22. The highest BCUT2D eigenvalue weighted by atomic mass is 35.5. The summed E-state index contributed by atoms with van der Waals surface area (Å²) < 4.78 is 0.217. The summed E-state index contributed by atoms with van der Waals surface area (Å²) in [7, 11) is 0. The van der Waals surface area contributed by atoms with Gasteiger partial charge in [-0.1, -0.05) is 29.8 Å². The molecule has 3 rings (SSSR count). The van der Waals surface area contributed by atoms with Crippen LogP contribution in [0.25, 0.3) is 10.9 Å². The summed E-state index contributed by atoms with van der Waals surface area (Å²) in [5, 5.41) is 3.94. The summed E-state index contributed by atoms with van der Waals surface area (Å²) in [5.41, 5.74) is 1.49. The second-order valence-electron chi connectivity index (χ2n) is 5.39. The number of hydrogen-bond acceptors (Lipinski definition) is 3. The summed E-state index contributed by atoms with van der Waals surface area (Å²) in [4.78, 5) is 29.7. The summed E-state index contributed by atoms with van der Waals surface area (Å²) in [6.07, 6.45) is 0. The van der Waals surface area contributed by atoms with Crippen molar-refractivity contribution in [1.29, 1.82) is 0 Å². The fraction of sp³-hybridized carbons (Fsp3) is 0.118. The van der Waals surface area contributed by atoms with Gasteiger partial charge in [0.1, 0.15) is 0 Å². The molecule has 0 bridgehead atoms. The zero-order chi connectivity index (χ0) is 17.3. The number of amides is 1. The van der Waals surface area contributed by atoms with Crippen LogP contribution >= 0.6 is 23.8 Å². The van der Waals surface area contributed by atoms with E-state index in [1.165, 1.54) is 0 Å². The van der Waals surface area contributed by atoms with Crippen molar-refractivity contribution < 1.29 is 4.79 Å². The predicted molar refractivity (Wildman–Crippen MR) is 97.1 cm³/mol. The highest BCUT2D eigenvalue weighted by Gasteiger charge is 2.14. The van der Waals surface area contributed by atoms with Gasteiger partial charge in [0.25, 0.3) is 11.5 Å². The number of nitrogens with one attached hydrogen (secondary N) is 3. The molecule has 0 aliphatic heterocycles. The summed E-state index contributed by atoms with van der Waals surface area (Å²) >= 11 is 11.1. The molecule has 0 spiro atoms. The van der Waals surface area contributed by atoms with Gasteiger partial charge < -0.3 is 10.3 Å². The van der Waals surface area contributed by atoms with E-state index in [1.807, 2.05) is 25.1 Å². The van der Waals surface area contributed by atoms with Crippen LogP contribution in [0.1, 0.15) is 28.9 Å². The largest absolute Gasteiger partial charge is 0.345 e. The molecule has 5 nitrogen and oxygen atoms in total. The van der Waals surface area contributed by atoms with Crippen molar-refractivity contribution in [3.05, 3.63) is 73.7 Å². The van der Waals surface area contributed by atoms with E-state index in [4.69, 9.17) is 23.8 Å². The van der Waals surface area contributed by atoms with Gasteiger partial charge in [-0.15, -0.1) is 0 Å². The van der Waals surface area contributed by atoms with Gasteiger partial charge >= 0.3 is 0 Å². The Bertz CT molecular complexity index is 1040. The number of rotatable bonds is 3. The van der Waals surface area contributed by atoms with Crippen LogP contribution in [0.4, 0.5) is 0 Å². The van der Waals surface area contributed by atoms with Crippen molar-refractivity contribution in [2.24, 2.45) is 0 Å². The van der Waals surface area contributed by atoms with Crippen LogP contribution in [0.5, 0.6) is 0 Å². The van der Waals surface area contributed by atoms with E-state index in [-0.39, 0.29) is 22.3 Å². The predicted octanol–water partition coefficient (Wildman–Crippen LogP) is 3.73. The second-order valence-corrected chi connectivity index (χ2v) is 6.20. The molecule has 0 saturated heterocycles. The van der Waals surface area contributed by atoms with Gasteiger partial charge in [0.05, 0.1) is 16.9 Å². The molecule has 7 heteroatoms. The minimum atomic E-state index is -0.287. The Kier molecular flexibility index (Phi) is 4.51. The summed E-state index contributed by atoms with van der Waals surface area (Å²) in [6, 6.07) is 11.9. The SMILES string of the molecule is C[C@@H](NC(=O)c1ccc2c(=O)[nH]c(=S)[nH]c2c1)c1ccccc1Cl. The van der Waals surface area contributed by atoms with Crippen molar-refractivity contribution in [2.45, 2.75) is 13.0 Å². The van der Waals surface area contributed by atoms with Crippen molar-refractivity contribution in [1.82, 2.24) is 15.3 Å². The fourth-order valence-corrected chi connectivity index (χ4v) is 3.00. The van der Waals surface area contributed by atoms with E-state index >= 15 is 0 Å². The van der Waals surface area contributed by atoms with Crippen molar-refractivity contribution in [3.63, 3.8) is 0 Å². The Morgan fingerprint density at radius 2 is 1.96 bits per heavy atom. The third-order valence-electron chi connectivity index (χ3n) is 3.72. The Balaban J connectivity index is 1.90. The van der Waals surface area contributed by atoms with E-state index in [1.54, 1.807) is 24.3 Å². The summed E-state index contributed by atoms with van der Waals surface area (Å²) in [6.45, 7) is 1.86. The van der Waals surface area contributed by atoms with Crippen molar-refractivity contribution in [3.8, 4) is 0 Å². The van der Waals surface area contributed by atoms with E-state index < -0.39 is 0 Å². The standard InChI is InChI=1S/C17H14ClN3O2S/c1-9(11-4-2-3-5-13(11)18)19-15(22)10-6-7-12-14(8-10)20-17(24)21-16(12)23/h2-9H,1H3,(H,19,22)(H2,20,21,23,24)/t9-/m1/s1. The molecule has 1 amide bonds. The molecule has 0 aliphatic rings. The molecule has 3 aromatic rings. The minimum absolute atomic E-state index is 0.217. The molecule has 24 heavy (non-hydrogen) atoms. The van der Waals surface area contributed by atoms with Gasteiger partial charge in [-0.25, -0.2) is 0 Å². The van der Waals surface area contributed by atoms with Crippen LogP contribution in [0.3, 0.4) is 0 Å². The second kappa shape index (κ2) is 6.59. The minimum Gasteiger partial charge on any atom is -0.345 e. The first-order chi connectivity index (χ1) is 11.5. The molecule has 1 heterocycles. The molecule has 122 valence electrons. The molecule has 2 aromatic carbocycles. The Hall–Kier alpha value is -2.44. The normalized spacial score (nSPS) is 12.1. The summed E-state index contributed by atoms with van der Waals surface area (Å²) in [5.74, 6) is -0.260. The lowest BCUT2D eigenvalue weighted by Gasteiger charge is -2.16. The van der Waals surface area contributed by atoms with Crippen LogP contribution in [0.15, 0.2) is 47.3 Å². The average Bonchev–Trinajstić information content (AvgIpc) is 2.54. The molecular weight excluding hydrogens is 346 g/mol. The number of carbonyl (C=O) groups is 1. The van der Waals surface area contributed by atoms with Crippen LogP contribution in [0, 0.1) is 4.77 Å². The number of aromatic nitrogens is 2. The van der Waals surface area contributed by atoms with E-state index in [0.717, 1.165) is 5.56 Å². The first kappa shape index (κ1) is 16.4. The number of aromatic amines is 2. The maximum atomic E-state index is 12.5. The van der Waals surface area contributed by atoms with Gasteiger partial charge in [0, 0.05) is 10.6 Å². The molecule has 1 aromatic heterocycles. The molecule has 0 saturated carbocycles. The molecular formula is C17H14ClN3O2S. The number of fused-ring (bicyclic) bond motifs is 1. The van der Waals surface area contributed by atoms with E-state index in [2.05, 4.69) is 15.3 Å². The maximum absolute atomic E-state index is 12.5. The fourth-order valence-electron chi connectivity index (χ4n) is 2.49.